The first-order valence-electron chi connectivity index (χ1n) is 18.2. The van der Waals surface area contributed by atoms with Crippen LogP contribution in [-0.2, 0) is 38.5 Å². The van der Waals surface area contributed by atoms with Crippen molar-refractivity contribution in [3.05, 3.63) is 0 Å². The van der Waals surface area contributed by atoms with Crippen molar-refractivity contribution in [1.82, 2.24) is 0 Å². The summed E-state index contributed by atoms with van der Waals surface area (Å²) in [5, 5.41) is 0. The van der Waals surface area contributed by atoms with Crippen molar-refractivity contribution < 1.29 is 43.3 Å². The second kappa shape index (κ2) is 10.8. The molecule has 17 atom stereocenters. The van der Waals surface area contributed by atoms with E-state index < -0.39 is 23.5 Å². The van der Waals surface area contributed by atoms with E-state index in [0.717, 1.165) is 57.8 Å². The molecule has 1 unspecified atom stereocenters. The average molecular weight is 633 g/mol. The number of ether oxygens (including phenoxy) is 4. The number of hydrogen-bond acceptors (Lipinski definition) is 9. The van der Waals surface area contributed by atoms with Gasteiger partial charge in [-0.1, -0.05) is 27.7 Å². The van der Waals surface area contributed by atoms with Crippen LogP contribution in [0.2, 0.25) is 0 Å². The van der Waals surface area contributed by atoms with Gasteiger partial charge in [0.2, 0.25) is 0 Å². The van der Waals surface area contributed by atoms with Crippen LogP contribution in [0.4, 0.5) is 4.79 Å². The van der Waals surface area contributed by atoms with E-state index >= 15 is 0 Å². The highest BCUT2D eigenvalue weighted by Gasteiger charge is 2.70. The minimum Gasteiger partial charge on any atom is -0.438 e. The van der Waals surface area contributed by atoms with Crippen molar-refractivity contribution in [3.63, 3.8) is 0 Å². The lowest BCUT2D eigenvalue weighted by Crippen LogP contribution is -2.71. The Hall–Kier alpha value is -0.970. The van der Waals surface area contributed by atoms with E-state index in [4.69, 9.17) is 38.5 Å². The fraction of sp³-hybridized carbons (Fsp3) is 0.972. The largest absolute Gasteiger partial charge is 0.508 e. The van der Waals surface area contributed by atoms with Gasteiger partial charge in [-0.2, -0.15) is 0 Å². The van der Waals surface area contributed by atoms with Crippen molar-refractivity contribution in [1.29, 1.82) is 0 Å². The first-order chi connectivity index (χ1) is 21.4. The van der Waals surface area contributed by atoms with Crippen molar-refractivity contribution >= 4 is 6.16 Å². The summed E-state index contributed by atoms with van der Waals surface area (Å²) in [4.78, 5) is 38.4. The molecule has 10 aliphatic rings. The molecular formula is C36H56O9. The molecule has 0 aromatic rings. The second-order valence-corrected chi connectivity index (χ2v) is 17.3. The van der Waals surface area contributed by atoms with Gasteiger partial charge in [0.25, 0.3) is 0 Å². The van der Waals surface area contributed by atoms with Gasteiger partial charge in [0.15, 0.2) is 0 Å². The lowest BCUT2D eigenvalue weighted by atomic mass is 9.55. The van der Waals surface area contributed by atoms with E-state index in [1.165, 1.54) is 13.5 Å². The smallest absolute Gasteiger partial charge is 0.438 e. The van der Waals surface area contributed by atoms with Gasteiger partial charge in [0.1, 0.15) is 28.5 Å². The molecule has 0 radical (unpaired) electrons. The van der Waals surface area contributed by atoms with Crippen LogP contribution in [0.3, 0.4) is 0 Å². The van der Waals surface area contributed by atoms with E-state index in [1.54, 1.807) is 0 Å². The molecule has 6 aliphatic heterocycles. The quantitative estimate of drug-likeness (QED) is 0.241. The van der Waals surface area contributed by atoms with Gasteiger partial charge < -0.3 is 18.9 Å². The normalized spacial score (nSPS) is 57.1. The summed E-state index contributed by atoms with van der Waals surface area (Å²) in [5.74, 6) is 2.83. The highest BCUT2D eigenvalue weighted by molar-refractivity contribution is 5.59. The summed E-state index contributed by atoms with van der Waals surface area (Å²) in [7, 11) is 1.38. The first-order valence-corrected chi connectivity index (χ1v) is 18.2. The van der Waals surface area contributed by atoms with E-state index in [-0.39, 0.29) is 53.4 Å². The number of fused-ring (bicyclic) bond motifs is 4. The van der Waals surface area contributed by atoms with Gasteiger partial charge in [0, 0.05) is 19.3 Å². The third-order valence-corrected chi connectivity index (χ3v) is 14.8. The average Bonchev–Trinajstić information content (AvgIpc) is 3.38. The predicted octanol–water partition coefficient (Wildman–Crippen LogP) is 6.95. The summed E-state index contributed by atoms with van der Waals surface area (Å²) in [6.45, 7) is 13.7. The van der Waals surface area contributed by atoms with Crippen LogP contribution in [0.1, 0.15) is 112 Å². The molecule has 254 valence electrons. The molecule has 4 bridgehead atoms. The summed E-state index contributed by atoms with van der Waals surface area (Å²) in [6.07, 6.45) is 9.13. The predicted molar refractivity (Wildman–Crippen MR) is 163 cm³/mol. The van der Waals surface area contributed by atoms with E-state index in [1.807, 2.05) is 0 Å². The van der Waals surface area contributed by atoms with Gasteiger partial charge in [-0.05, 0) is 113 Å². The van der Waals surface area contributed by atoms with Crippen LogP contribution in [0.15, 0.2) is 0 Å². The Bertz CT molecular complexity index is 1170. The molecule has 10 fully saturated rings. The van der Waals surface area contributed by atoms with E-state index in [0.29, 0.717) is 36.0 Å². The Labute approximate surface area is 268 Å². The molecule has 6 heterocycles. The van der Waals surface area contributed by atoms with Crippen LogP contribution in [0, 0.1) is 47.3 Å². The summed E-state index contributed by atoms with van der Waals surface area (Å²) in [6, 6.07) is 0. The van der Waals surface area contributed by atoms with Crippen molar-refractivity contribution in [3.8, 4) is 0 Å². The highest BCUT2D eigenvalue weighted by Crippen LogP contribution is 2.64. The van der Waals surface area contributed by atoms with Gasteiger partial charge in [-0.25, -0.2) is 24.3 Å². The fourth-order valence-corrected chi connectivity index (χ4v) is 12.4. The third-order valence-electron chi connectivity index (χ3n) is 14.8. The monoisotopic (exact) mass is 632 g/mol. The zero-order valence-electron chi connectivity index (χ0n) is 28.5. The SMILES string of the molecule is COC(=O)O[C@@H](C[C@H]1O[C@@H]2C[C@]3(C)CC[C@H]4[C@H](C)CC[C@@H]([C@H]1C)[C@@]24OO3)C1O[C@@H]2C[C@]3(C)CC[C@H]4[C@H](C)CC[C@@H]([C@H]1C)[C@@]24OO3. The molecule has 45 heavy (non-hydrogen) atoms. The van der Waals surface area contributed by atoms with Crippen molar-refractivity contribution in [2.75, 3.05) is 7.11 Å². The molecule has 9 nitrogen and oxygen atoms in total. The van der Waals surface area contributed by atoms with Crippen LogP contribution < -0.4 is 0 Å². The first kappa shape index (κ1) is 31.3. The van der Waals surface area contributed by atoms with Crippen LogP contribution in [0.25, 0.3) is 0 Å². The molecule has 0 N–H and O–H groups in total. The zero-order valence-corrected chi connectivity index (χ0v) is 28.5. The fourth-order valence-electron chi connectivity index (χ4n) is 12.4. The molecule has 4 saturated carbocycles. The Kier molecular flexibility index (Phi) is 7.49. The zero-order chi connectivity index (χ0) is 31.5. The van der Waals surface area contributed by atoms with Gasteiger partial charge in [-0.3, -0.25) is 0 Å². The molecule has 0 aromatic carbocycles. The molecular weight excluding hydrogens is 576 g/mol. The maximum Gasteiger partial charge on any atom is 0.508 e. The number of carbonyl (C=O) groups excluding carboxylic acids is 1. The minimum atomic E-state index is -0.663. The Morgan fingerprint density at radius 1 is 0.711 bits per heavy atom. The van der Waals surface area contributed by atoms with Crippen LogP contribution >= 0.6 is 0 Å². The Morgan fingerprint density at radius 3 is 1.80 bits per heavy atom. The molecule has 2 spiro atoms. The highest BCUT2D eigenvalue weighted by atomic mass is 17.2. The molecule has 4 aliphatic carbocycles. The lowest BCUT2D eigenvalue weighted by Gasteiger charge is -2.62. The van der Waals surface area contributed by atoms with Crippen molar-refractivity contribution in [2.45, 2.75) is 165 Å². The minimum absolute atomic E-state index is 0.0480. The second-order valence-electron chi connectivity index (χ2n) is 17.3. The third kappa shape index (κ3) is 4.49. The lowest BCUT2D eigenvalue weighted by molar-refractivity contribution is -0.491. The van der Waals surface area contributed by atoms with Crippen LogP contribution in [-0.4, -0.2) is 66.2 Å². The van der Waals surface area contributed by atoms with E-state index in [9.17, 15) is 4.79 Å². The molecule has 0 aromatic heterocycles. The summed E-state index contributed by atoms with van der Waals surface area (Å²) >= 11 is 0. The van der Waals surface area contributed by atoms with Gasteiger partial charge in [-0.15, -0.1) is 0 Å². The Morgan fingerprint density at radius 2 is 1.24 bits per heavy atom. The van der Waals surface area contributed by atoms with Gasteiger partial charge in [0.05, 0.1) is 31.5 Å². The maximum atomic E-state index is 12.9. The number of methoxy groups -OCH3 is 1. The molecule has 9 heteroatoms. The summed E-state index contributed by atoms with van der Waals surface area (Å²) < 4.78 is 25.7. The van der Waals surface area contributed by atoms with Crippen molar-refractivity contribution in [2.24, 2.45) is 47.3 Å². The van der Waals surface area contributed by atoms with Gasteiger partial charge >= 0.3 is 6.16 Å². The number of rotatable bonds is 4. The topological polar surface area (TPSA) is 90.9 Å². The molecule has 10 rings (SSSR count). The maximum absolute atomic E-state index is 12.9. The molecule has 6 saturated heterocycles. The van der Waals surface area contributed by atoms with E-state index in [2.05, 4.69) is 41.5 Å². The standard InChI is InChI=1S/C36H56O9/c1-19-8-10-25-21(3)27(39-29-17-33(5)14-12-23(19)35(25,29)44-42-33)16-28(40-32(37)38-7)31-22(4)26-11-9-20(2)24-13-15-34(6)18-30(41-31)36(24,26)45-43-34/h19-31H,8-18H2,1-7H3/t19-,20-,21-,22-,23+,24+,25+,26+,27-,28+,29-,30-,31?,33+,34+,35-,36-/m1/s1. The number of hydrogen-bond donors (Lipinski definition) is 0. The number of carbonyl (C=O) groups is 1. The molecule has 0 amide bonds. The Balaban J connectivity index is 1.11. The van der Waals surface area contributed by atoms with Crippen LogP contribution in [0.5, 0.6) is 0 Å². The summed E-state index contributed by atoms with van der Waals surface area (Å²) in [5.41, 5.74) is -1.59.